The van der Waals surface area contributed by atoms with Crippen LogP contribution in [0.25, 0.3) is 5.57 Å². The molecule has 4 unspecified atom stereocenters. The number of nitrogens with zero attached hydrogens (tertiary/aromatic N) is 5. The number of ether oxygens (including phenoxy) is 4. The maximum absolute atomic E-state index is 12.8. The minimum absolute atomic E-state index is 0.0152. The number of esters is 1. The van der Waals surface area contributed by atoms with Gasteiger partial charge in [0.25, 0.3) is 5.84 Å². The van der Waals surface area contributed by atoms with Crippen molar-refractivity contribution in [2.24, 2.45) is 15.0 Å². The Morgan fingerprint density at radius 1 is 1.36 bits per heavy atom. The standard InChI is InChI=1S/C30H31N7O7/c1-4-42-27(39)19-12-15(7-10-36-11-9-32-29(36)37-14-33-22-25(37)34-28(31)35-26(22)38)20-17(43-19)13-18-21(23(20)41-3)16-6-5-8-30(2,40)24(16)44-18/h7,9,11-13,16,24,40H,4-6,8,10,14H2,1-3H3,(H2,31,35,38). The van der Waals surface area contributed by atoms with Gasteiger partial charge < -0.3 is 29.2 Å². The number of aliphatic hydroxyl groups is 1. The number of quaternary nitrogens is 1. The highest BCUT2D eigenvalue weighted by molar-refractivity contribution is 6.66. The van der Waals surface area contributed by atoms with E-state index in [4.69, 9.17) is 24.4 Å². The predicted molar refractivity (Wildman–Crippen MR) is 156 cm³/mol. The molecule has 2 aromatic rings. The fourth-order valence-electron chi connectivity index (χ4n) is 6.64. The largest absolute Gasteiger partial charge is 0.857 e. The Kier molecular flexibility index (Phi) is 6.62. The van der Waals surface area contributed by atoms with Gasteiger partial charge in [0, 0.05) is 36.2 Å². The van der Waals surface area contributed by atoms with Crippen molar-refractivity contribution in [3.63, 3.8) is 0 Å². The van der Waals surface area contributed by atoms with Crippen LogP contribution in [0, 0.1) is 5.41 Å². The van der Waals surface area contributed by atoms with Gasteiger partial charge in [-0.15, -0.1) is 0 Å². The Balaban J connectivity index is 1.29. The van der Waals surface area contributed by atoms with Gasteiger partial charge in [0.15, 0.2) is 12.4 Å². The van der Waals surface area contributed by atoms with Gasteiger partial charge in [0.1, 0.15) is 23.4 Å². The number of hydrogen-bond donors (Lipinski definition) is 3. The van der Waals surface area contributed by atoms with E-state index in [0.29, 0.717) is 58.0 Å². The molecule has 0 saturated heterocycles. The minimum Gasteiger partial charge on any atom is -0.857 e. The number of methoxy groups -OCH3 is 1. The summed E-state index contributed by atoms with van der Waals surface area (Å²) < 4.78 is 25.5. The van der Waals surface area contributed by atoms with Crippen LogP contribution in [-0.4, -0.2) is 76.1 Å². The molecule has 4 aliphatic heterocycles. The molecule has 3 N–H and O–H groups in total. The number of aliphatic imine (C=N–C) groups is 3. The number of aromatic nitrogens is 2. The molecule has 0 radical (unpaired) electrons. The van der Waals surface area contributed by atoms with Gasteiger partial charge in [-0.25, -0.2) is 19.7 Å². The van der Waals surface area contributed by atoms with Crippen LogP contribution in [0.15, 0.2) is 51.3 Å². The van der Waals surface area contributed by atoms with E-state index in [1.807, 2.05) is 10.6 Å². The van der Waals surface area contributed by atoms with Crippen LogP contribution in [0.1, 0.15) is 50.2 Å². The number of fused-ring (bicyclic) bond motifs is 5. The Hall–Kier alpha value is -4.82. The third-order valence-corrected chi connectivity index (χ3v) is 8.55. The zero-order valence-corrected chi connectivity index (χ0v) is 24.4. The fourth-order valence-corrected chi connectivity index (χ4v) is 6.64. The summed E-state index contributed by atoms with van der Waals surface area (Å²) in [5.41, 5.74) is 1.33. The molecule has 44 heavy (non-hydrogen) atoms. The summed E-state index contributed by atoms with van der Waals surface area (Å²) >= 11 is 0. The number of carbonyl (C=O) groups excluding carboxylic acids is 1. The topological polar surface area (TPSA) is 180 Å². The van der Waals surface area contributed by atoms with Gasteiger partial charge in [0.2, 0.25) is 11.7 Å². The van der Waals surface area contributed by atoms with Crippen LogP contribution in [0.3, 0.4) is 0 Å². The van der Waals surface area contributed by atoms with Crippen molar-refractivity contribution in [3.8, 4) is 17.2 Å². The van der Waals surface area contributed by atoms with E-state index in [0.717, 1.165) is 18.4 Å². The SMILES string of the molecule is CCOC(=O)C1=CC(=CCn2ccnc2[NH+]2CN=C3C([O-])=NC(=N)N=C32)c2c(cc3c(c2OC)C2CCCC(C)(O)C2O3)O1. The van der Waals surface area contributed by atoms with Gasteiger partial charge in [0.05, 0.1) is 31.1 Å². The van der Waals surface area contributed by atoms with Gasteiger partial charge in [-0.05, 0) is 44.8 Å². The van der Waals surface area contributed by atoms with Gasteiger partial charge in [-0.3, -0.25) is 9.98 Å². The molecular weight excluding hydrogens is 570 g/mol. The molecule has 7 rings (SSSR count). The van der Waals surface area contributed by atoms with Crippen molar-refractivity contribution in [3.05, 3.63) is 47.5 Å². The number of benzene rings is 1. The second-order valence-electron chi connectivity index (χ2n) is 11.3. The highest BCUT2D eigenvalue weighted by Gasteiger charge is 2.50. The van der Waals surface area contributed by atoms with E-state index in [2.05, 4.69) is 20.0 Å². The number of nitrogens with one attached hydrogen (secondary N) is 2. The fraction of sp³-hybridized carbons (Fsp3) is 0.400. The van der Waals surface area contributed by atoms with Crippen molar-refractivity contribution in [2.75, 3.05) is 20.4 Å². The molecule has 1 aliphatic carbocycles. The Bertz CT molecular complexity index is 1750. The zero-order chi connectivity index (χ0) is 30.7. The summed E-state index contributed by atoms with van der Waals surface area (Å²) in [6.45, 7) is 4.20. The first-order valence-corrected chi connectivity index (χ1v) is 14.5. The number of rotatable bonds is 6. The third-order valence-electron chi connectivity index (χ3n) is 8.55. The van der Waals surface area contributed by atoms with E-state index < -0.39 is 23.6 Å². The molecule has 4 atom stereocenters. The van der Waals surface area contributed by atoms with Crippen LogP contribution in [0.4, 0.5) is 5.95 Å². The summed E-state index contributed by atoms with van der Waals surface area (Å²) in [7, 11) is 1.59. The highest BCUT2D eigenvalue weighted by Crippen LogP contribution is 2.57. The molecule has 228 valence electrons. The number of hydrogen-bond acceptors (Lipinski definition) is 10. The van der Waals surface area contributed by atoms with E-state index in [1.165, 1.54) is 0 Å². The normalized spacial score (nSPS) is 27.5. The summed E-state index contributed by atoms with van der Waals surface area (Å²) in [5, 5.41) is 31.2. The third kappa shape index (κ3) is 4.40. The number of imidazole rings is 1. The van der Waals surface area contributed by atoms with E-state index in [9.17, 15) is 15.0 Å². The molecule has 0 amide bonds. The first-order chi connectivity index (χ1) is 21.2. The number of amidine groups is 1. The molecule has 0 spiro atoms. The summed E-state index contributed by atoms with van der Waals surface area (Å²) in [5.74, 6) is 0.749. The van der Waals surface area contributed by atoms with E-state index in [-0.39, 0.29) is 36.6 Å². The van der Waals surface area contributed by atoms with Crippen molar-refractivity contribution >= 4 is 40.9 Å². The lowest BCUT2D eigenvalue weighted by atomic mass is 9.74. The Morgan fingerprint density at radius 3 is 3.00 bits per heavy atom. The van der Waals surface area contributed by atoms with Gasteiger partial charge >= 0.3 is 11.9 Å². The number of allylic oxidation sites excluding steroid dienone is 3. The van der Waals surface area contributed by atoms with Crippen molar-refractivity contribution in [1.29, 1.82) is 5.41 Å². The minimum atomic E-state index is -1.000. The van der Waals surface area contributed by atoms with Crippen molar-refractivity contribution < 1.29 is 38.9 Å². The lowest BCUT2D eigenvalue weighted by Crippen LogP contribution is -3.10. The molecule has 1 aromatic carbocycles. The monoisotopic (exact) mass is 601 g/mol. The highest BCUT2D eigenvalue weighted by atomic mass is 16.6. The first-order valence-electron chi connectivity index (χ1n) is 14.5. The second kappa shape index (κ2) is 10.4. The number of carbonyl (C=O) groups is 1. The molecule has 1 fully saturated rings. The molecule has 1 aromatic heterocycles. The van der Waals surface area contributed by atoms with Crippen LogP contribution >= 0.6 is 0 Å². The Morgan fingerprint density at radius 2 is 2.20 bits per heavy atom. The average Bonchev–Trinajstić information content (AvgIpc) is 3.72. The Labute approximate surface area is 252 Å². The lowest BCUT2D eigenvalue weighted by molar-refractivity contribution is -0.730. The molecule has 0 bridgehead atoms. The lowest BCUT2D eigenvalue weighted by Gasteiger charge is -2.37. The molecule has 14 heteroatoms. The maximum atomic E-state index is 12.8. The van der Waals surface area contributed by atoms with E-state index >= 15 is 0 Å². The summed E-state index contributed by atoms with van der Waals surface area (Å²) in [4.78, 5) is 30.0. The first kappa shape index (κ1) is 28.0. The van der Waals surface area contributed by atoms with Crippen LogP contribution < -0.4 is 24.2 Å². The zero-order valence-electron chi connectivity index (χ0n) is 24.4. The quantitative estimate of drug-likeness (QED) is 0.403. The summed E-state index contributed by atoms with van der Waals surface area (Å²) in [6, 6.07) is 1.76. The van der Waals surface area contributed by atoms with Crippen molar-refractivity contribution in [2.45, 2.75) is 57.3 Å². The molecule has 1 saturated carbocycles. The smallest absolute Gasteiger partial charge is 0.374 e. The van der Waals surface area contributed by atoms with Gasteiger partial charge in [-0.1, -0.05) is 6.08 Å². The molecular formula is C30H31N7O7. The number of guanidine groups is 1. The second-order valence-corrected chi connectivity index (χ2v) is 11.3. The van der Waals surface area contributed by atoms with Crippen molar-refractivity contribution in [1.82, 2.24) is 9.55 Å². The molecule has 5 aliphatic rings. The molecule has 14 nitrogen and oxygen atoms in total. The maximum Gasteiger partial charge on any atom is 0.374 e. The van der Waals surface area contributed by atoms with Crippen LogP contribution in [0.5, 0.6) is 17.2 Å². The average molecular weight is 602 g/mol. The van der Waals surface area contributed by atoms with Gasteiger partial charge in [-0.2, -0.15) is 9.98 Å². The molecule has 5 heterocycles. The predicted octanol–water partition coefficient (Wildman–Crippen LogP) is 0.628. The van der Waals surface area contributed by atoms with E-state index in [1.54, 1.807) is 45.5 Å². The van der Waals surface area contributed by atoms with Crippen LogP contribution in [-0.2, 0) is 16.1 Å². The summed E-state index contributed by atoms with van der Waals surface area (Å²) in [6.07, 6.45) is 8.87. The van der Waals surface area contributed by atoms with Crippen LogP contribution in [0.2, 0.25) is 0 Å².